The van der Waals surface area contributed by atoms with E-state index in [1.165, 1.54) is 23.1 Å². The predicted octanol–water partition coefficient (Wildman–Crippen LogP) is 5.05. The molecule has 1 heterocycles. The van der Waals surface area contributed by atoms with Crippen molar-refractivity contribution in [3.63, 3.8) is 0 Å². The zero-order chi connectivity index (χ0) is 16.9. The lowest BCUT2D eigenvalue weighted by Gasteiger charge is -2.04. The van der Waals surface area contributed by atoms with Gasteiger partial charge in [0.1, 0.15) is 0 Å². The van der Waals surface area contributed by atoms with Gasteiger partial charge in [-0.3, -0.25) is 4.79 Å². The summed E-state index contributed by atoms with van der Waals surface area (Å²) in [5.74, 6) is 0.161. The normalized spacial score (nSPS) is 10.5. The number of anilines is 1. The molecule has 1 aromatic heterocycles. The van der Waals surface area contributed by atoms with Crippen molar-refractivity contribution in [3.8, 4) is 5.69 Å². The molecule has 0 aliphatic rings. The van der Waals surface area contributed by atoms with Crippen LogP contribution >= 0.6 is 46.9 Å². The van der Waals surface area contributed by atoms with Gasteiger partial charge in [0.25, 0.3) is 0 Å². The monoisotopic (exact) mass is 393 g/mol. The zero-order valence-corrected chi connectivity index (χ0v) is 15.5. The van der Waals surface area contributed by atoms with Crippen LogP contribution in [0.2, 0.25) is 5.02 Å². The number of amides is 1. The van der Waals surface area contributed by atoms with Gasteiger partial charge >= 0.3 is 0 Å². The minimum atomic E-state index is -0.102. The topological polar surface area (TPSA) is 46.9 Å². The zero-order valence-electron chi connectivity index (χ0n) is 12.3. The van der Waals surface area contributed by atoms with Crippen molar-refractivity contribution in [3.05, 3.63) is 63.6 Å². The van der Waals surface area contributed by atoms with Crippen LogP contribution in [-0.2, 0) is 4.79 Å². The molecule has 0 unspecified atom stereocenters. The Hall–Kier alpha value is -1.67. The average molecular weight is 394 g/mol. The second-order valence-corrected chi connectivity index (χ2v) is 8.01. The fourth-order valence-corrected chi connectivity index (χ4v) is 4.20. The van der Waals surface area contributed by atoms with Gasteiger partial charge < -0.3 is 5.32 Å². The van der Waals surface area contributed by atoms with Gasteiger partial charge in [-0.15, -0.1) is 5.10 Å². The number of hydrogen-bond acceptors (Lipinski definition) is 5. The third-order valence-corrected chi connectivity index (χ3v) is 5.60. The molecule has 1 amide bonds. The van der Waals surface area contributed by atoms with E-state index in [-0.39, 0.29) is 11.7 Å². The van der Waals surface area contributed by atoms with Crippen molar-refractivity contribution in [2.45, 2.75) is 4.34 Å². The summed E-state index contributed by atoms with van der Waals surface area (Å²) in [4.78, 5) is 12.0. The Labute approximate surface area is 157 Å². The number of carbonyl (C=O) groups excluding carboxylic acids is 1. The lowest BCUT2D eigenvalue weighted by molar-refractivity contribution is -0.113. The van der Waals surface area contributed by atoms with Crippen LogP contribution in [0.15, 0.2) is 58.9 Å². The van der Waals surface area contributed by atoms with E-state index >= 15 is 0 Å². The minimum absolute atomic E-state index is 0.102. The molecule has 0 saturated carbocycles. The van der Waals surface area contributed by atoms with E-state index in [1.807, 2.05) is 30.3 Å². The summed E-state index contributed by atoms with van der Waals surface area (Å²) in [6.45, 7) is 0. The number of hydrogen-bond donors (Lipinski definition) is 1. The van der Waals surface area contributed by atoms with Crippen molar-refractivity contribution in [1.29, 1.82) is 0 Å². The first kappa shape index (κ1) is 17.2. The van der Waals surface area contributed by atoms with Crippen LogP contribution in [0.1, 0.15) is 0 Å². The largest absolute Gasteiger partial charge is 0.325 e. The summed E-state index contributed by atoms with van der Waals surface area (Å²) in [5, 5.41) is 7.92. The Bertz CT molecular complexity index is 891. The van der Waals surface area contributed by atoms with Gasteiger partial charge in [0.15, 0.2) is 8.29 Å². The Morgan fingerprint density at radius 1 is 1.21 bits per heavy atom. The van der Waals surface area contributed by atoms with Crippen LogP contribution in [0.3, 0.4) is 0 Å². The van der Waals surface area contributed by atoms with E-state index in [9.17, 15) is 4.79 Å². The summed E-state index contributed by atoms with van der Waals surface area (Å²) in [5.41, 5.74) is 1.63. The van der Waals surface area contributed by atoms with Gasteiger partial charge in [-0.05, 0) is 48.6 Å². The van der Waals surface area contributed by atoms with Gasteiger partial charge in [-0.1, -0.05) is 52.9 Å². The first-order valence-electron chi connectivity index (χ1n) is 6.95. The highest BCUT2D eigenvalue weighted by molar-refractivity contribution is 8.01. The van der Waals surface area contributed by atoms with Gasteiger partial charge in [0.2, 0.25) is 5.91 Å². The second kappa shape index (κ2) is 7.94. The molecule has 0 radical (unpaired) electrons. The fourth-order valence-electron chi connectivity index (χ4n) is 1.91. The van der Waals surface area contributed by atoms with Crippen LogP contribution in [0.4, 0.5) is 5.69 Å². The smallest absolute Gasteiger partial charge is 0.234 e. The summed E-state index contributed by atoms with van der Waals surface area (Å²) >= 11 is 13.9. The summed E-state index contributed by atoms with van der Waals surface area (Å²) in [7, 11) is 0. The van der Waals surface area contributed by atoms with Crippen molar-refractivity contribution >= 4 is 58.5 Å². The van der Waals surface area contributed by atoms with Crippen LogP contribution in [-0.4, -0.2) is 21.4 Å². The van der Waals surface area contributed by atoms with Crippen LogP contribution in [0.25, 0.3) is 5.69 Å². The highest BCUT2D eigenvalue weighted by Crippen LogP contribution is 2.24. The standard InChI is InChI=1S/C16H12ClN3OS3/c17-11-6-8-12(9-7-11)18-14(21)10-23-15-19-20(16(22)24-15)13-4-2-1-3-5-13/h1-9H,10H2,(H,18,21). The van der Waals surface area contributed by atoms with Crippen molar-refractivity contribution in [1.82, 2.24) is 9.78 Å². The molecule has 24 heavy (non-hydrogen) atoms. The highest BCUT2D eigenvalue weighted by atomic mass is 35.5. The summed E-state index contributed by atoms with van der Waals surface area (Å²) in [6, 6.07) is 16.7. The van der Waals surface area contributed by atoms with Gasteiger partial charge in [-0.25, -0.2) is 4.68 Å². The Balaban J connectivity index is 1.62. The number of carbonyl (C=O) groups is 1. The Kier molecular flexibility index (Phi) is 5.68. The van der Waals surface area contributed by atoms with Crippen LogP contribution in [0.5, 0.6) is 0 Å². The second-order valence-electron chi connectivity index (χ2n) is 4.72. The molecule has 0 atom stereocenters. The lowest BCUT2D eigenvalue weighted by atomic mass is 10.3. The first-order valence-corrected chi connectivity index (χ1v) is 9.54. The van der Waals surface area contributed by atoms with Gasteiger partial charge in [-0.2, -0.15) is 0 Å². The Morgan fingerprint density at radius 2 is 1.92 bits per heavy atom. The van der Waals surface area contributed by atoms with Crippen molar-refractivity contribution in [2.75, 3.05) is 11.1 Å². The molecule has 0 spiro atoms. The lowest BCUT2D eigenvalue weighted by Crippen LogP contribution is -2.13. The molecule has 0 saturated heterocycles. The minimum Gasteiger partial charge on any atom is -0.325 e. The molecule has 3 aromatic rings. The van der Waals surface area contributed by atoms with Crippen molar-refractivity contribution in [2.24, 2.45) is 0 Å². The number of aromatic nitrogens is 2. The molecule has 1 N–H and O–H groups in total. The van der Waals surface area contributed by atoms with Gasteiger partial charge in [0.05, 0.1) is 11.4 Å². The maximum absolute atomic E-state index is 12.0. The maximum Gasteiger partial charge on any atom is 0.234 e. The molecular weight excluding hydrogens is 382 g/mol. The third-order valence-electron chi connectivity index (χ3n) is 2.98. The van der Waals surface area contributed by atoms with E-state index in [2.05, 4.69) is 10.4 Å². The molecule has 0 bridgehead atoms. The molecule has 2 aromatic carbocycles. The Morgan fingerprint density at radius 3 is 2.62 bits per heavy atom. The SMILES string of the molecule is O=C(CSc1nn(-c2ccccc2)c(=S)s1)Nc1ccc(Cl)cc1. The summed E-state index contributed by atoms with van der Waals surface area (Å²) in [6.07, 6.45) is 0. The predicted molar refractivity (Wildman–Crippen MR) is 103 cm³/mol. The molecule has 8 heteroatoms. The molecule has 0 fully saturated rings. The van der Waals surface area contributed by atoms with Gasteiger partial charge in [0, 0.05) is 10.7 Å². The van der Waals surface area contributed by atoms with E-state index in [0.717, 1.165) is 10.0 Å². The molecular formula is C16H12ClN3OS3. The van der Waals surface area contributed by atoms with E-state index in [4.69, 9.17) is 23.8 Å². The third kappa shape index (κ3) is 4.45. The number of benzene rings is 2. The number of rotatable bonds is 5. The summed E-state index contributed by atoms with van der Waals surface area (Å²) < 4.78 is 3.12. The molecule has 4 nitrogen and oxygen atoms in total. The quantitative estimate of drug-likeness (QED) is 0.486. The highest BCUT2D eigenvalue weighted by Gasteiger charge is 2.09. The number of thioether (sulfide) groups is 1. The maximum atomic E-state index is 12.0. The van der Waals surface area contributed by atoms with Crippen LogP contribution in [0, 0.1) is 3.95 Å². The average Bonchev–Trinajstić information content (AvgIpc) is 2.97. The molecule has 0 aliphatic carbocycles. The van der Waals surface area contributed by atoms with E-state index in [1.54, 1.807) is 28.9 Å². The number of nitrogens with zero attached hydrogens (tertiary/aromatic N) is 2. The molecule has 0 aliphatic heterocycles. The molecule has 122 valence electrons. The van der Waals surface area contributed by atoms with Crippen molar-refractivity contribution < 1.29 is 4.79 Å². The number of para-hydroxylation sites is 1. The fraction of sp³-hybridized carbons (Fsp3) is 0.0625. The first-order chi connectivity index (χ1) is 11.6. The van der Waals surface area contributed by atoms with E-state index < -0.39 is 0 Å². The molecule has 3 rings (SSSR count). The van der Waals surface area contributed by atoms with Crippen LogP contribution < -0.4 is 5.32 Å². The number of nitrogens with one attached hydrogen (secondary N) is 1. The van der Waals surface area contributed by atoms with E-state index in [0.29, 0.717) is 14.7 Å². The number of halogens is 1.